The standard InChI is InChI=1S/C22H38N6O/c1-26-13-15-28(16-14-26)21-10-9-19(17-24-21)18-25-22(29)23-11-6-12-27(2)20-7-4-3-5-8-20/h9-10,17,20H,3-8,11-16,18H2,1-2H3,(H2,23,25,29). The van der Waals surface area contributed by atoms with Gasteiger partial charge < -0.3 is 25.3 Å². The van der Waals surface area contributed by atoms with Crippen molar-refractivity contribution in [2.45, 2.75) is 51.1 Å². The Hall–Kier alpha value is -1.86. The second kappa shape index (κ2) is 11.4. The SMILES string of the molecule is CN1CCN(c2ccc(CNC(=O)NCCCN(C)C3CCCCC3)cn2)CC1. The number of anilines is 1. The first-order chi connectivity index (χ1) is 14.1. The van der Waals surface area contributed by atoms with E-state index >= 15 is 0 Å². The summed E-state index contributed by atoms with van der Waals surface area (Å²) in [6, 6.07) is 4.74. The van der Waals surface area contributed by atoms with E-state index in [0.29, 0.717) is 13.1 Å². The molecule has 2 fully saturated rings. The number of likely N-dealkylation sites (N-methyl/N-ethyl adjacent to an activating group) is 1. The molecule has 7 nitrogen and oxygen atoms in total. The fourth-order valence-corrected chi connectivity index (χ4v) is 4.22. The van der Waals surface area contributed by atoms with Gasteiger partial charge >= 0.3 is 6.03 Å². The van der Waals surface area contributed by atoms with Gasteiger partial charge in [0.15, 0.2) is 0 Å². The van der Waals surface area contributed by atoms with Crippen LogP contribution in [0.1, 0.15) is 44.1 Å². The maximum atomic E-state index is 12.0. The molecule has 1 aromatic heterocycles. The van der Waals surface area contributed by atoms with Crippen molar-refractivity contribution in [1.82, 2.24) is 25.4 Å². The lowest BCUT2D eigenvalue weighted by atomic mass is 9.94. The summed E-state index contributed by atoms with van der Waals surface area (Å²) in [5.74, 6) is 1.02. The molecule has 2 aliphatic rings. The molecule has 0 radical (unpaired) electrons. The number of nitrogens with one attached hydrogen (secondary N) is 2. The van der Waals surface area contributed by atoms with E-state index in [4.69, 9.17) is 0 Å². The highest BCUT2D eigenvalue weighted by Gasteiger charge is 2.17. The van der Waals surface area contributed by atoms with Crippen molar-refractivity contribution in [3.05, 3.63) is 23.9 Å². The molecule has 1 aromatic rings. The predicted molar refractivity (Wildman–Crippen MR) is 118 cm³/mol. The zero-order chi connectivity index (χ0) is 20.5. The van der Waals surface area contributed by atoms with Gasteiger partial charge in [-0.15, -0.1) is 0 Å². The molecular weight excluding hydrogens is 364 g/mol. The quantitative estimate of drug-likeness (QED) is 0.653. The highest BCUT2D eigenvalue weighted by atomic mass is 16.2. The van der Waals surface area contributed by atoms with Crippen LogP contribution >= 0.6 is 0 Å². The number of piperazine rings is 1. The van der Waals surface area contributed by atoms with E-state index < -0.39 is 0 Å². The first-order valence-corrected chi connectivity index (χ1v) is 11.2. The maximum Gasteiger partial charge on any atom is 0.315 e. The Morgan fingerprint density at radius 2 is 1.90 bits per heavy atom. The van der Waals surface area contributed by atoms with E-state index in [0.717, 1.165) is 56.6 Å². The molecule has 1 saturated carbocycles. The van der Waals surface area contributed by atoms with E-state index in [1.54, 1.807) is 0 Å². The van der Waals surface area contributed by atoms with Gasteiger partial charge in [0.1, 0.15) is 5.82 Å². The molecule has 0 bridgehead atoms. The molecule has 1 saturated heterocycles. The first-order valence-electron chi connectivity index (χ1n) is 11.2. The summed E-state index contributed by atoms with van der Waals surface area (Å²) in [5, 5.41) is 5.90. The zero-order valence-electron chi connectivity index (χ0n) is 18.2. The normalized spacial score (nSPS) is 18.8. The Morgan fingerprint density at radius 1 is 1.14 bits per heavy atom. The average Bonchev–Trinajstić information content (AvgIpc) is 2.76. The Morgan fingerprint density at radius 3 is 2.59 bits per heavy atom. The van der Waals surface area contributed by atoms with E-state index in [-0.39, 0.29) is 6.03 Å². The number of amides is 2. The molecule has 0 spiro atoms. The molecule has 0 aromatic carbocycles. The van der Waals surface area contributed by atoms with Crippen LogP contribution in [0.2, 0.25) is 0 Å². The van der Waals surface area contributed by atoms with Crippen molar-refractivity contribution in [2.24, 2.45) is 0 Å². The van der Waals surface area contributed by atoms with Gasteiger partial charge in [-0.05, 0) is 51.5 Å². The molecule has 1 aliphatic carbocycles. The third-order valence-electron chi connectivity index (χ3n) is 6.26. The van der Waals surface area contributed by atoms with E-state index in [9.17, 15) is 4.79 Å². The third kappa shape index (κ3) is 7.16. The minimum Gasteiger partial charge on any atom is -0.354 e. The molecule has 0 atom stereocenters. The Kier molecular flexibility index (Phi) is 8.55. The van der Waals surface area contributed by atoms with Crippen LogP contribution in [-0.2, 0) is 6.54 Å². The van der Waals surface area contributed by atoms with Crippen LogP contribution < -0.4 is 15.5 Å². The number of pyridine rings is 1. The summed E-state index contributed by atoms with van der Waals surface area (Å²) in [4.78, 5) is 23.7. The maximum absolute atomic E-state index is 12.0. The van der Waals surface area contributed by atoms with Crippen molar-refractivity contribution in [2.75, 3.05) is 58.3 Å². The largest absolute Gasteiger partial charge is 0.354 e. The van der Waals surface area contributed by atoms with Crippen LogP contribution in [0.25, 0.3) is 0 Å². The fourth-order valence-electron chi connectivity index (χ4n) is 4.22. The average molecular weight is 403 g/mol. The highest BCUT2D eigenvalue weighted by molar-refractivity contribution is 5.73. The van der Waals surface area contributed by atoms with E-state index in [2.05, 4.69) is 56.5 Å². The van der Waals surface area contributed by atoms with Crippen molar-refractivity contribution in [3.8, 4) is 0 Å². The van der Waals surface area contributed by atoms with Crippen LogP contribution in [0.3, 0.4) is 0 Å². The molecule has 2 N–H and O–H groups in total. The number of urea groups is 1. The lowest BCUT2D eigenvalue weighted by Gasteiger charge is -2.33. The summed E-state index contributed by atoms with van der Waals surface area (Å²) in [7, 11) is 4.37. The lowest BCUT2D eigenvalue weighted by molar-refractivity contribution is 0.189. The minimum absolute atomic E-state index is 0.103. The monoisotopic (exact) mass is 402 g/mol. The molecule has 1 aliphatic heterocycles. The zero-order valence-corrected chi connectivity index (χ0v) is 18.2. The fraction of sp³-hybridized carbons (Fsp3) is 0.727. The van der Waals surface area contributed by atoms with Crippen molar-refractivity contribution < 1.29 is 4.79 Å². The Balaban J connectivity index is 1.29. The number of hydrogen-bond donors (Lipinski definition) is 2. The van der Waals surface area contributed by atoms with Gasteiger partial charge in [0.2, 0.25) is 0 Å². The summed E-state index contributed by atoms with van der Waals surface area (Å²) >= 11 is 0. The van der Waals surface area contributed by atoms with E-state index in [1.807, 2.05) is 6.20 Å². The summed E-state index contributed by atoms with van der Waals surface area (Å²) in [5.41, 5.74) is 1.02. The van der Waals surface area contributed by atoms with Crippen LogP contribution in [0.15, 0.2) is 18.3 Å². The first kappa shape index (κ1) is 21.8. The van der Waals surface area contributed by atoms with Crippen LogP contribution in [-0.4, -0.2) is 80.2 Å². The molecule has 7 heteroatoms. The summed E-state index contributed by atoms with van der Waals surface area (Å²) in [6.07, 6.45) is 9.62. The molecule has 2 amide bonds. The number of nitrogens with zero attached hydrogens (tertiary/aromatic N) is 4. The molecule has 3 rings (SSSR count). The van der Waals surface area contributed by atoms with Gasteiger partial charge in [-0.1, -0.05) is 25.3 Å². The minimum atomic E-state index is -0.103. The van der Waals surface area contributed by atoms with Crippen LogP contribution in [0, 0.1) is 0 Å². The Bertz CT molecular complexity index is 608. The van der Waals surface area contributed by atoms with Gasteiger partial charge in [-0.25, -0.2) is 9.78 Å². The second-order valence-electron chi connectivity index (χ2n) is 8.55. The van der Waals surface area contributed by atoms with Crippen molar-refractivity contribution >= 4 is 11.8 Å². The molecule has 2 heterocycles. The summed E-state index contributed by atoms with van der Waals surface area (Å²) in [6.45, 7) is 6.43. The smallest absolute Gasteiger partial charge is 0.315 e. The van der Waals surface area contributed by atoms with E-state index in [1.165, 1.54) is 32.1 Å². The molecule has 162 valence electrons. The van der Waals surface area contributed by atoms with Gasteiger partial charge in [0.25, 0.3) is 0 Å². The van der Waals surface area contributed by atoms with Crippen molar-refractivity contribution in [1.29, 1.82) is 0 Å². The Labute approximate surface area is 175 Å². The molecular formula is C22H38N6O. The summed E-state index contributed by atoms with van der Waals surface area (Å²) < 4.78 is 0. The lowest BCUT2D eigenvalue weighted by Crippen LogP contribution is -2.44. The predicted octanol–water partition coefficient (Wildman–Crippen LogP) is 2.29. The van der Waals surface area contributed by atoms with Gasteiger partial charge in [-0.3, -0.25) is 0 Å². The van der Waals surface area contributed by atoms with Gasteiger partial charge in [0, 0.05) is 51.5 Å². The van der Waals surface area contributed by atoms with Gasteiger partial charge in [-0.2, -0.15) is 0 Å². The highest BCUT2D eigenvalue weighted by Crippen LogP contribution is 2.21. The number of rotatable bonds is 8. The van der Waals surface area contributed by atoms with Crippen molar-refractivity contribution in [3.63, 3.8) is 0 Å². The third-order valence-corrected chi connectivity index (χ3v) is 6.26. The second-order valence-corrected chi connectivity index (χ2v) is 8.55. The van der Waals surface area contributed by atoms with Crippen LogP contribution in [0.4, 0.5) is 10.6 Å². The van der Waals surface area contributed by atoms with Crippen LogP contribution in [0.5, 0.6) is 0 Å². The molecule has 29 heavy (non-hydrogen) atoms. The number of carbonyl (C=O) groups is 1. The molecule has 0 unspecified atom stereocenters. The van der Waals surface area contributed by atoms with Gasteiger partial charge in [0.05, 0.1) is 0 Å². The number of aromatic nitrogens is 1. The number of carbonyl (C=O) groups excluding carboxylic acids is 1. The topological polar surface area (TPSA) is 63.7 Å². The number of hydrogen-bond acceptors (Lipinski definition) is 5.